The summed E-state index contributed by atoms with van der Waals surface area (Å²) in [5, 5.41) is 9.90. The molecule has 2 heteroatoms. The lowest BCUT2D eigenvalue weighted by molar-refractivity contribution is 0.299. The second-order valence-electron chi connectivity index (χ2n) is 3.01. The molecule has 1 heterocycles. The van der Waals surface area contributed by atoms with Crippen molar-refractivity contribution >= 4 is 10.9 Å². The minimum absolute atomic E-state index is 0.181. The van der Waals surface area contributed by atoms with Crippen molar-refractivity contribution < 1.29 is 5.11 Å². The normalized spacial score (nSPS) is 10.5. The molecular formula is C11H11NO. The summed E-state index contributed by atoms with van der Waals surface area (Å²) in [7, 11) is 0. The molecule has 1 N–H and O–H groups in total. The van der Waals surface area contributed by atoms with Crippen molar-refractivity contribution in [1.29, 1.82) is 0 Å². The third kappa shape index (κ3) is 1.68. The molecule has 0 radical (unpaired) electrons. The lowest BCUT2D eigenvalue weighted by Gasteiger charge is -2.00. The highest BCUT2D eigenvalue weighted by Gasteiger charge is 1.95. The first-order valence-corrected chi connectivity index (χ1v) is 4.34. The number of para-hydroxylation sites is 1. The molecule has 0 saturated carbocycles. The van der Waals surface area contributed by atoms with Crippen molar-refractivity contribution in [2.45, 2.75) is 6.42 Å². The van der Waals surface area contributed by atoms with Gasteiger partial charge in [0.1, 0.15) is 0 Å². The van der Waals surface area contributed by atoms with E-state index < -0.39 is 0 Å². The summed E-state index contributed by atoms with van der Waals surface area (Å²) in [5.41, 5.74) is 2.09. The van der Waals surface area contributed by atoms with Gasteiger partial charge in [0.05, 0.1) is 5.52 Å². The third-order valence-electron chi connectivity index (χ3n) is 2.05. The Labute approximate surface area is 76.9 Å². The number of pyridine rings is 1. The third-order valence-corrected chi connectivity index (χ3v) is 2.05. The number of benzene rings is 1. The Morgan fingerprint density at radius 3 is 2.92 bits per heavy atom. The van der Waals surface area contributed by atoms with E-state index in [0.717, 1.165) is 16.5 Å². The topological polar surface area (TPSA) is 33.1 Å². The molecule has 0 spiro atoms. The van der Waals surface area contributed by atoms with E-state index in [-0.39, 0.29) is 6.61 Å². The van der Waals surface area contributed by atoms with Gasteiger partial charge in [-0.25, -0.2) is 0 Å². The van der Waals surface area contributed by atoms with Gasteiger partial charge in [0.2, 0.25) is 0 Å². The summed E-state index contributed by atoms with van der Waals surface area (Å²) in [4.78, 5) is 4.29. The number of nitrogens with zero attached hydrogens (tertiary/aromatic N) is 1. The van der Waals surface area contributed by atoms with E-state index in [1.54, 1.807) is 0 Å². The number of rotatable bonds is 2. The molecule has 0 aliphatic carbocycles. The monoisotopic (exact) mass is 173 g/mol. The number of hydrogen-bond donors (Lipinski definition) is 1. The van der Waals surface area contributed by atoms with Gasteiger partial charge < -0.3 is 5.11 Å². The highest BCUT2D eigenvalue weighted by atomic mass is 16.2. The van der Waals surface area contributed by atoms with Crippen LogP contribution in [0.25, 0.3) is 10.9 Å². The van der Waals surface area contributed by atoms with E-state index in [1.165, 1.54) is 0 Å². The van der Waals surface area contributed by atoms with Crippen LogP contribution in [0.3, 0.4) is 0 Å². The molecule has 2 rings (SSSR count). The van der Waals surface area contributed by atoms with Gasteiger partial charge in [-0.2, -0.15) is 0 Å². The maximum absolute atomic E-state index is 8.76. The molecule has 13 heavy (non-hydrogen) atoms. The fraction of sp³-hybridized carbons (Fsp3) is 0.182. The minimum atomic E-state index is 0.181. The Hall–Kier alpha value is -1.41. The molecule has 66 valence electrons. The lowest BCUT2D eigenvalue weighted by atomic mass is 10.1. The molecule has 0 fully saturated rings. The second kappa shape index (κ2) is 3.54. The van der Waals surface area contributed by atoms with Crippen molar-refractivity contribution in [3.8, 4) is 0 Å². The Morgan fingerprint density at radius 1 is 1.23 bits per heavy atom. The molecule has 0 bridgehead atoms. The predicted molar refractivity (Wildman–Crippen MR) is 52.5 cm³/mol. The SMILES string of the molecule is OCCc1cnc2ccccc2c1. The van der Waals surface area contributed by atoms with Crippen molar-refractivity contribution in [2.75, 3.05) is 6.61 Å². The molecule has 0 atom stereocenters. The summed E-state index contributed by atoms with van der Waals surface area (Å²) in [6, 6.07) is 10.0. The first kappa shape index (κ1) is 8.20. The minimum Gasteiger partial charge on any atom is -0.396 e. The van der Waals surface area contributed by atoms with E-state index in [0.29, 0.717) is 6.42 Å². The molecular weight excluding hydrogens is 162 g/mol. The number of aromatic nitrogens is 1. The number of hydrogen-bond acceptors (Lipinski definition) is 2. The Balaban J connectivity index is 2.49. The van der Waals surface area contributed by atoms with Gasteiger partial charge in [-0.15, -0.1) is 0 Å². The highest BCUT2D eigenvalue weighted by molar-refractivity contribution is 5.78. The second-order valence-corrected chi connectivity index (χ2v) is 3.01. The van der Waals surface area contributed by atoms with Crippen LogP contribution in [0.5, 0.6) is 0 Å². The van der Waals surface area contributed by atoms with Crippen LogP contribution in [-0.2, 0) is 6.42 Å². The molecule has 0 aliphatic rings. The van der Waals surface area contributed by atoms with Gasteiger partial charge in [0.15, 0.2) is 0 Å². The standard InChI is InChI=1S/C11H11NO/c13-6-5-9-7-10-3-1-2-4-11(10)12-8-9/h1-4,7-8,13H,5-6H2. The van der Waals surface area contributed by atoms with Gasteiger partial charge in [0, 0.05) is 18.2 Å². The highest BCUT2D eigenvalue weighted by Crippen LogP contribution is 2.12. The number of fused-ring (bicyclic) bond motifs is 1. The Morgan fingerprint density at radius 2 is 2.08 bits per heavy atom. The van der Waals surface area contributed by atoms with Crippen molar-refractivity contribution in [1.82, 2.24) is 4.98 Å². The number of aliphatic hydroxyl groups excluding tert-OH is 1. The van der Waals surface area contributed by atoms with Crippen LogP contribution in [0.1, 0.15) is 5.56 Å². The van der Waals surface area contributed by atoms with E-state index in [1.807, 2.05) is 30.5 Å². The predicted octanol–water partition coefficient (Wildman–Crippen LogP) is 1.77. The summed E-state index contributed by atoms with van der Waals surface area (Å²) in [5.74, 6) is 0. The zero-order chi connectivity index (χ0) is 9.10. The van der Waals surface area contributed by atoms with E-state index in [9.17, 15) is 0 Å². The Kier molecular flexibility index (Phi) is 2.23. The maximum atomic E-state index is 8.76. The van der Waals surface area contributed by atoms with Gasteiger partial charge in [0.25, 0.3) is 0 Å². The van der Waals surface area contributed by atoms with E-state index in [4.69, 9.17) is 5.11 Å². The largest absolute Gasteiger partial charge is 0.396 e. The van der Waals surface area contributed by atoms with Crippen LogP contribution in [0, 0.1) is 0 Å². The smallest absolute Gasteiger partial charge is 0.0702 e. The van der Waals surface area contributed by atoms with Gasteiger partial charge >= 0.3 is 0 Å². The van der Waals surface area contributed by atoms with Gasteiger partial charge in [-0.3, -0.25) is 4.98 Å². The zero-order valence-electron chi connectivity index (χ0n) is 7.27. The van der Waals surface area contributed by atoms with Crippen molar-refractivity contribution in [3.05, 3.63) is 42.1 Å². The van der Waals surface area contributed by atoms with Gasteiger partial charge in [-0.05, 0) is 24.1 Å². The van der Waals surface area contributed by atoms with Crippen molar-refractivity contribution in [3.63, 3.8) is 0 Å². The molecule has 2 nitrogen and oxygen atoms in total. The number of aliphatic hydroxyl groups is 1. The first-order chi connectivity index (χ1) is 6.40. The van der Waals surface area contributed by atoms with Crippen molar-refractivity contribution in [2.24, 2.45) is 0 Å². The quantitative estimate of drug-likeness (QED) is 0.750. The summed E-state index contributed by atoms with van der Waals surface area (Å²) >= 11 is 0. The molecule has 0 amide bonds. The first-order valence-electron chi connectivity index (χ1n) is 4.34. The van der Waals surface area contributed by atoms with Crippen LogP contribution in [0.4, 0.5) is 0 Å². The van der Waals surface area contributed by atoms with Crippen LogP contribution in [0.2, 0.25) is 0 Å². The van der Waals surface area contributed by atoms with Crippen LogP contribution < -0.4 is 0 Å². The average molecular weight is 173 g/mol. The van der Waals surface area contributed by atoms with E-state index in [2.05, 4.69) is 11.1 Å². The fourth-order valence-electron chi connectivity index (χ4n) is 1.38. The average Bonchev–Trinajstić information content (AvgIpc) is 2.18. The molecule has 0 saturated heterocycles. The summed E-state index contributed by atoms with van der Waals surface area (Å²) in [6.07, 6.45) is 2.50. The van der Waals surface area contributed by atoms with Gasteiger partial charge in [-0.1, -0.05) is 18.2 Å². The molecule has 1 aromatic carbocycles. The fourth-order valence-corrected chi connectivity index (χ4v) is 1.38. The lowest BCUT2D eigenvalue weighted by Crippen LogP contribution is -1.91. The van der Waals surface area contributed by atoms with Crippen LogP contribution in [0.15, 0.2) is 36.5 Å². The molecule has 0 aliphatic heterocycles. The molecule has 2 aromatic rings. The van der Waals surface area contributed by atoms with E-state index >= 15 is 0 Å². The molecule has 0 unspecified atom stereocenters. The summed E-state index contributed by atoms with van der Waals surface area (Å²) in [6.45, 7) is 0.181. The summed E-state index contributed by atoms with van der Waals surface area (Å²) < 4.78 is 0. The van der Waals surface area contributed by atoms with Crippen LogP contribution in [-0.4, -0.2) is 16.7 Å². The molecule has 1 aromatic heterocycles. The Bertz CT molecular complexity index is 412. The zero-order valence-corrected chi connectivity index (χ0v) is 7.27. The van der Waals surface area contributed by atoms with Crippen LogP contribution >= 0.6 is 0 Å². The maximum Gasteiger partial charge on any atom is 0.0702 e.